The van der Waals surface area contributed by atoms with Crippen LogP contribution in [0.1, 0.15) is 42.3 Å². The fourth-order valence-electron chi connectivity index (χ4n) is 3.21. The molecule has 0 saturated carbocycles. The third-order valence-electron chi connectivity index (χ3n) is 4.31. The smallest absolute Gasteiger partial charge is 0.335 e. The highest BCUT2D eigenvalue weighted by Crippen LogP contribution is 2.40. The fraction of sp³-hybridized carbons (Fsp3) is 0.263. The van der Waals surface area contributed by atoms with Crippen LogP contribution in [0.4, 0.5) is 10.1 Å². The summed E-state index contributed by atoms with van der Waals surface area (Å²) < 4.78 is 19.1. The van der Waals surface area contributed by atoms with Gasteiger partial charge in [0, 0.05) is 24.9 Å². The maximum absolute atomic E-state index is 13.1. The first kappa shape index (κ1) is 17.0. The Balaban J connectivity index is 2.03. The van der Waals surface area contributed by atoms with Crippen LogP contribution in [0.25, 0.3) is 0 Å². The van der Waals surface area contributed by atoms with Crippen LogP contribution in [0.3, 0.4) is 0 Å². The Hall–Kier alpha value is -2.89. The number of fused-ring (bicyclic) bond motifs is 1. The van der Waals surface area contributed by atoms with E-state index in [1.165, 1.54) is 43.3 Å². The molecule has 0 spiro atoms. The molecule has 1 amide bonds. The summed E-state index contributed by atoms with van der Waals surface area (Å²) in [5.41, 5.74) is 1.41. The number of amides is 1. The first-order valence-electron chi connectivity index (χ1n) is 7.96. The Morgan fingerprint density at radius 1 is 1.20 bits per heavy atom. The van der Waals surface area contributed by atoms with Gasteiger partial charge in [-0.05, 0) is 49.4 Å². The largest absolute Gasteiger partial charge is 0.486 e. The van der Waals surface area contributed by atoms with Crippen LogP contribution in [0, 0.1) is 5.82 Å². The van der Waals surface area contributed by atoms with E-state index in [2.05, 4.69) is 0 Å². The molecule has 0 radical (unpaired) electrons. The van der Waals surface area contributed by atoms with Crippen molar-refractivity contribution in [2.75, 3.05) is 4.90 Å². The molecule has 1 N–H and O–H groups in total. The number of halogens is 1. The number of benzene rings is 2. The number of aromatic carboxylic acids is 1. The van der Waals surface area contributed by atoms with Crippen molar-refractivity contribution in [3.63, 3.8) is 0 Å². The first-order valence-corrected chi connectivity index (χ1v) is 7.96. The molecule has 6 heteroatoms. The van der Waals surface area contributed by atoms with Gasteiger partial charge in [0.25, 0.3) is 0 Å². The van der Waals surface area contributed by atoms with Crippen molar-refractivity contribution < 1.29 is 23.8 Å². The maximum atomic E-state index is 13.1. The van der Waals surface area contributed by atoms with Crippen molar-refractivity contribution >= 4 is 17.6 Å². The number of anilines is 1. The van der Waals surface area contributed by atoms with Crippen LogP contribution >= 0.6 is 0 Å². The summed E-state index contributed by atoms with van der Waals surface area (Å²) in [6.45, 7) is 3.39. The number of hydrogen-bond acceptors (Lipinski definition) is 3. The van der Waals surface area contributed by atoms with E-state index in [1.807, 2.05) is 6.92 Å². The third-order valence-corrected chi connectivity index (χ3v) is 4.31. The minimum absolute atomic E-state index is 0.105. The molecule has 2 atom stereocenters. The lowest BCUT2D eigenvalue weighted by Gasteiger charge is -2.39. The Kier molecular flexibility index (Phi) is 4.44. The highest BCUT2D eigenvalue weighted by Gasteiger charge is 2.34. The van der Waals surface area contributed by atoms with Crippen LogP contribution < -0.4 is 9.64 Å². The van der Waals surface area contributed by atoms with Crippen LogP contribution in [-0.4, -0.2) is 23.0 Å². The average Bonchev–Trinajstić information content (AvgIpc) is 2.56. The summed E-state index contributed by atoms with van der Waals surface area (Å²) >= 11 is 0. The quantitative estimate of drug-likeness (QED) is 0.921. The van der Waals surface area contributed by atoms with E-state index in [9.17, 15) is 19.1 Å². The number of hydrogen-bond donors (Lipinski definition) is 1. The molecule has 0 aromatic heterocycles. The SMILES string of the molecule is CC(=O)N1c2ccc(C(=O)O)cc2[C@H](Oc2ccc(F)cc2)C[C@@H]1C. The van der Waals surface area contributed by atoms with Crippen LogP contribution in [0.5, 0.6) is 5.75 Å². The van der Waals surface area contributed by atoms with Crippen LogP contribution in [0.15, 0.2) is 42.5 Å². The first-order chi connectivity index (χ1) is 11.9. The van der Waals surface area contributed by atoms with Gasteiger partial charge in [0.15, 0.2) is 0 Å². The molecule has 130 valence electrons. The molecule has 0 unspecified atom stereocenters. The molecule has 2 aromatic carbocycles. The molecular formula is C19H18FNO4. The van der Waals surface area contributed by atoms with E-state index in [1.54, 1.807) is 11.0 Å². The number of carboxylic acids is 1. The summed E-state index contributed by atoms with van der Waals surface area (Å²) in [6.07, 6.45) is 0.0814. The summed E-state index contributed by atoms with van der Waals surface area (Å²) in [5.74, 6) is -1.03. The fourth-order valence-corrected chi connectivity index (χ4v) is 3.21. The summed E-state index contributed by atoms with van der Waals surface area (Å²) in [4.78, 5) is 25.0. The second-order valence-corrected chi connectivity index (χ2v) is 6.11. The molecular weight excluding hydrogens is 325 g/mol. The van der Waals surface area contributed by atoms with Gasteiger partial charge in [0.05, 0.1) is 11.3 Å². The number of rotatable bonds is 3. The minimum Gasteiger partial charge on any atom is -0.486 e. The maximum Gasteiger partial charge on any atom is 0.335 e. The number of ether oxygens (including phenoxy) is 1. The predicted octanol–water partition coefficient (Wildman–Crippen LogP) is 3.79. The van der Waals surface area contributed by atoms with Gasteiger partial charge in [0.1, 0.15) is 17.7 Å². The minimum atomic E-state index is -1.05. The van der Waals surface area contributed by atoms with E-state index >= 15 is 0 Å². The van der Waals surface area contributed by atoms with Gasteiger partial charge >= 0.3 is 5.97 Å². The number of carboxylic acid groups (broad SMARTS) is 1. The summed E-state index contributed by atoms with van der Waals surface area (Å²) in [7, 11) is 0. The highest BCUT2D eigenvalue weighted by atomic mass is 19.1. The molecule has 5 nitrogen and oxygen atoms in total. The van der Waals surface area contributed by atoms with Crippen molar-refractivity contribution in [2.45, 2.75) is 32.4 Å². The molecule has 3 rings (SSSR count). The lowest BCUT2D eigenvalue weighted by atomic mass is 9.92. The summed E-state index contributed by atoms with van der Waals surface area (Å²) in [6, 6.07) is 10.2. The Morgan fingerprint density at radius 2 is 1.88 bits per heavy atom. The standard InChI is InChI=1S/C19H18FNO4/c1-11-9-18(25-15-6-4-14(20)5-7-15)16-10-13(19(23)24)3-8-17(16)21(11)12(2)22/h3-8,10-11,18H,9H2,1-2H3,(H,23,24)/t11-,18+/m0/s1. The molecule has 1 heterocycles. The summed E-state index contributed by atoms with van der Waals surface area (Å²) in [5, 5.41) is 9.26. The Labute approximate surface area is 144 Å². The molecule has 0 aliphatic carbocycles. The molecule has 1 aliphatic rings. The zero-order valence-corrected chi connectivity index (χ0v) is 13.9. The van der Waals surface area contributed by atoms with Gasteiger partial charge in [-0.2, -0.15) is 0 Å². The predicted molar refractivity (Wildman–Crippen MR) is 90.4 cm³/mol. The number of carbonyl (C=O) groups is 2. The Bertz CT molecular complexity index is 819. The molecule has 2 aromatic rings. The zero-order valence-electron chi connectivity index (χ0n) is 13.9. The van der Waals surface area contributed by atoms with Gasteiger partial charge in [0.2, 0.25) is 5.91 Å². The second-order valence-electron chi connectivity index (χ2n) is 6.11. The van der Waals surface area contributed by atoms with Crippen molar-refractivity contribution in [1.29, 1.82) is 0 Å². The van der Waals surface area contributed by atoms with Crippen LogP contribution in [-0.2, 0) is 4.79 Å². The number of nitrogens with zero attached hydrogens (tertiary/aromatic N) is 1. The molecule has 25 heavy (non-hydrogen) atoms. The lowest BCUT2D eigenvalue weighted by Crippen LogP contribution is -2.43. The van der Waals surface area contributed by atoms with Gasteiger partial charge < -0.3 is 14.7 Å². The molecule has 0 fully saturated rings. The topological polar surface area (TPSA) is 66.8 Å². The van der Waals surface area contributed by atoms with Crippen molar-refractivity contribution in [2.24, 2.45) is 0 Å². The van der Waals surface area contributed by atoms with E-state index in [4.69, 9.17) is 4.74 Å². The van der Waals surface area contributed by atoms with Crippen molar-refractivity contribution in [3.05, 3.63) is 59.4 Å². The van der Waals surface area contributed by atoms with E-state index in [-0.39, 0.29) is 23.3 Å². The second kappa shape index (κ2) is 6.55. The third kappa shape index (κ3) is 3.33. The van der Waals surface area contributed by atoms with Crippen molar-refractivity contribution in [3.8, 4) is 5.75 Å². The van der Waals surface area contributed by atoms with Gasteiger partial charge in [-0.25, -0.2) is 9.18 Å². The monoisotopic (exact) mass is 343 g/mol. The van der Waals surface area contributed by atoms with E-state index < -0.39 is 12.1 Å². The van der Waals surface area contributed by atoms with Gasteiger partial charge in [-0.3, -0.25) is 4.79 Å². The van der Waals surface area contributed by atoms with Crippen molar-refractivity contribution in [1.82, 2.24) is 0 Å². The van der Waals surface area contributed by atoms with E-state index in [0.29, 0.717) is 23.4 Å². The average molecular weight is 343 g/mol. The van der Waals surface area contributed by atoms with E-state index in [0.717, 1.165) is 0 Å². The Morgan fingerprint density at radius 3 is 2.48 bits per heavy atom. The van der Waals surface area contributed by atoms with Gasteiger partial charge in [-0.15, -0.1) is 0 Å². The zero-order chi connectivity index (χ0) is 18.1. The molecule has 0 bridgehead atoms. The normalized spacial score (nSPS) is 19.2. The lowest BCUT2D eigenvalue weighted by molar-refractivity contribution is -0.117. The van der Waals surface area contributed by atoms with Gasteiger partial charge in [-0.1, -0.05) is 0 Å². The number of carbonyl (C=O) groups excluding carboxylic acids is 1. The molecule has 0 saturated heterocycles. The van der Waals surface area contributed by atoms with Crippen LogP contribution in [0.2, 0.25) is 0 Å². The molecule has 1 aliphatic heterocycles. The highest BCUT2D eigenvalue weighted by molar-refractivity contribution is 5.95.